The van der Waals surface area contributed by atoms with Crippen LogP contribution in [0.4, 0.5) is 11.4 Å². The number of rotatable bonds is 9. The van der Waals surface area contributed by atoms with Gasteiger partial charge in [0.05, 0.1) is 0 Å². The first kappa shape index (κ1) is 22.1. The van der Waals surface area contributed by atoms with Gasteiger partial charge in [0, 0.05) is 35.1 Å². The number of nitrogens with one attached hydrogen (secondary N) is 1. The molecular formula is C26H28N2O3. The molecule has 1 amide bonds. The molecular weight excluding hydrogens is 388 g/mol. The van der Waals surface area contributed by atoms with E-state index in [0.29, 0.717) is 22.9 Å². The predicted molar refractivity (Wildman–Crippen MR) is 125 cm³/mol. The maximum Gasteiger partial charge on any atom is 0.262 e. The van der Waals surface area contributed by atoms with Gasteiger partial charge < -0.3 is 15.0 Å². The lowest BCUT2D eigenvalue weighted by Gasteiger charge is -2.27. The second-order valence-corrected chi connectivity index (χ2v) is 7.48. The van der Waals surface area contributed by atoms with E-state index in [1.54, 1.807) is 36.4 Å². The number of benzene rings is 3. The standard InChI is InChI=1S/C26H28N2O3/c1-4-28(19(2)3)23-14-12-22(13-15-23)27-25(29)18-31-24-16-10-21(11-17-24)26(30)20-8-6-5-7-9-20/h5-17,19H,4,18H2,1-3H3,(H,27,29). The van der Waals surface area contributed by atoms with Gasteiger partial charge in [-0.2, -0.15) is 0 Å². The number of amides is 1. The monoisotopic (exact) mass is 416 g/mol. The highest BCUT2D eigenvalue weighted by atomic mass is 16.5. The van der Waals surface area contributed by atoms with Crippen LogP contribution in [0, 0.1) is 0 Å². The molecule has 0 saturated heterocycles. The Morgan fingerprint density at radius 2 is 1.48 bits per heavy atom. The van der Waals surface area contributed by atoms with Crippen LogP contribution < -0.4 is 15.0 Å². The average molecular weight is 417 g/mol. The zero-order valence-electron chi connectivity index (χ0n) is 18.2. The van der Waals surface area contributed by atoms with Crippen LogP contribution >= 0.6 is 0 Å². The highest BCUT2D eigenvalue weighted by molar-refractivity contribution is 6.09. The first-order chi connectivity index (χ1) is 15.0. The average Bonchev–Trinajstić information content (AvgIpc) is 2.79. The summed E-state index contributed by atoms with van der Waals surface area (Å²) in [5, 5.41) is 2.84. The topological polar surface area (TPSA) is 58.6 Å². The van der Waals surface area contributed by atoms with Gasteiger partial charge in [0.1, 0.15) is 5.75 Å². The minimum atomic E-state index is -0.242. The van der Waals surface area contributed by atoms with Crippen LogP contribution in [-0.4, -0.2) is 30.9 Å². The van der Waals surface area contributed by atoms with E-state index in [-0.39, 0.29) is 18.3 Å². The minimum Gasteiger partial charge on any atom is -0.484 e. The summed E-state index contributed by atoms with van der Waals surface area (Å²) in [5.41, 5.74) is 3.06. The summed E-state index contributed by atoms with van der Waals surface area (Å²) in [6.07, 6.45) is 0. The third-order valence-electron chi connectivity index (χ3n) is 4.97. The van der Waals surface area contributed by atoms with Gasteiger partial charge in [-0.25, -0.2) is 0 Å². The number of carbonyl (C=O) groups is 2. The largest absolute Gasteiger partial charge is 0.484 e. The normalized spacial score (nSPS) is 10.6. The smallest absolute Gasteiger partial charge is 0.262 e. The van der Waals surface area contributed by atoms with E-state index in [1.165, 1.54) is 0 Å². The Labute approximate surface area is 183 Å². The van der Waals surface area contributed by atoms with E-state index in [4.69, 9.17) is 4.74 Å². The van der Waals surface area contributed by atoms with Gasteiger partial charge >= 0.3 is 0 Å². The molecule has 160 valence electrons. The van der Waals surface area contributed by atoms with Crippen molar-refractivity contribution in [2.75, 3.05) is 23.4 Å². The molecule has 0 aliphatic rings. The summed E-state index contributed by atoms with van der Waals surface area (Å²) in [6.45, 7) is 7.24. The van der Waals surface area contributed by atoms with Crippen molar-refractivity contribution < 1.29 is 14.3 Å². The highest BCUT2D eigenvalue weighted by Crippen LogP contribution is 2.20. The predicted octanol–water partition coefficient (Wildman–Crippen LogP) is 5.17. The Kier molecular flexibility index (Phi) is 7.44. The van der Waals surface area contributed by atoms with Crippen LogP contribution in [0.25, 0.3) is 0 Å². The van der Waals surface area contributed by atoms with Crippen molar-refractivity contribution in [1.29, 1.82) is 0 Å². The molecule has 31 heavy (non-hydrogen) atoms. The fraction of sp³-hybridized carbons (Fsp3) is 0.231. The van der Waals surface area contributed by atoms with Gasteiger partial charge in [-0.3, -0.25) is 9.59 Å². The summed E-state index contributed by atoms with van der Waals surface area (Å²) in [7, 11) is 0. The van der Waals surface area contributed by atoms with Crippen molar-refractivity contribution >= 4 is 23.1 Å². The molecule has 5 nitrogen and oxygen atoms in total. The zero-order chi connectivity index (χ0) is 22.2. The molecule has 3 aromatic rings. The summed E-state index contributed by atoms with van der Waals surface area (Å²) < 4.78 is 5.56. The van der Waals surface area contributed by atoms with Crippen LogP contribution in [-0.2, 0) is 4.79 Å². The van der Waals surface area contributed by atoms with Crippen molar-refractivity contribution in [2.45, 2.75) is 26.8 Å². The molecule has 0 bridgehead atoms. The van der Waals surface area contributed by atoms with Crippen molar-refractivity contribution in [2.24, 2.45) is 0 Å². The van der Waals surface area contributed by atoms with Gasteiger partial charge in [0.15, 0.2) is 12.4 Å². The molecule has 0 unspecified atom stereocenters. The number of ketones is 1. The Hall–Kier alpha value is -3.60. The van der Waals surface area contributed by atoms with Crippen molar-refractivity contribution in [1.82, 2.24) is 0 Å². The van der Waals surface area contributed by atoms with E-state index in [2.05, 4.69) is 31.0 Å². The number of ether oxygens (including phenoxy) is 1. The van der Waals surface area contributed by atoms with E-state index in [0.717, 1.165) is 17.9 Å². The first-order valence-corrected chi connectivity index (χ1v) is 10.5. The maximum atomic E-state index is 12.4. The van der Waals surface area contributed by atoms with Crippen LogP contribution in [0.2, 0.25) is 0 Å². The number of anilines is 2. The fourth-order valence-corrected chi connectivity index (χ4v) is 3.39. The fourth-order valence-electron chi connectivity index (χ4n) is 3.39. The van der Waals surface area contributed by atoms with Crippen LogP contribution in [0.15, 0.2) is 78.9 Å². The Morgan fingerprint density at radius 1 is 0.871 bits per heavy atom. The number of carbonyl (C=O) groups excluding carboxylic acids is 2. The van der Waals surface area contributed by atoms with Gasteiger partial charge in [-0.15, -0.1) is 0 Å². The molecule has 0 saturated carbocycles. The van der Waals surface area contributed by atoms with Gasteiger partial charge in [-0.1, -0.05) is 30.3 Å². The summed E-state index contributed by atoms with van der Waals surface area (Å²) in [4.78, 5) is 26.9. The van der Waals surface area contributed by atoms with Crippen LogP contribution in [0.3, 0.4) is 0 Å². The molecule has 0 aromatic heterocycles. The Morgan fingerprint density at radius 3 is 2.06 bits per heavy atom. The molecule has 0 atom stereocenters. The SMILES string of the molecule is CCN(c1ccc(NC(=O)COc2ccc(C(=O)c3ccccc3)cc2)cc1)C(C)C. The zero-order valence-corrected chi connectivity index (χ0v) is 18.2. The molecule has 0 spiro atoms. The second kappa shape index (κ2) is 10.4. The van der Waals surface area contributed by atoms with Crippen molar-refractivity contribution in [3.8, 4) is 5.75 Å². The summed E-state index contributed by atoms with van der Waals surface area (Å²) in [6, 6.07) is 24.1. The third kappa shape index (κ3) is 5.95. The molecule has 3 aromatic carbocycles. The lowest BCUT2D eigenvalue weighted by Crippen LogP contribution is -2.30. The number of nitrogens with zero attached hydrogens (tertiary/aromatic N) is 1. The summed E-state index contributed by atoms with van der Waals surface area (Å²) >= 11 is 0. The van der Waals surface area contributed by atoms with Crippen LogP contribution in [0.5, 0.6) is 5.75 Å². The Bertz CT molecular complexity index is 997. The Balaban J connectivity index is 1.52. The molecule has 0 aliphatic carbocycles. The third-order valence-corrected chi connectivity index (χ3v) is 4.97. The van der Waals surface area contributed by atoms with Gasteiger partial charge in [-0.05, 0) is 69.3 Å². The molecule has 5 heteroatoms. The van der Waals surface area contributed by atoms with E-state index in [1.807, 2.05) is 42.5 Å². The highest BCUT2D eigenvalue weighted by Gasteiger charge is 2.10. The number of hydrogen-bond donors (Lipinski definition) is 1. The second-order valence-electron chi connectivity index (χ2n) is 7.48. The van der Waals surface area contributed by atoms with Crippen LogP contribution in [0.1, 0.15) is 36.7 Å². The van der Waals surface area contributed by atoms with E-state index in [9.17, 15) is 9.59 Å². The molecule has 0 aliphatic heterocycles. The molecule has 0 fully saturated rings. The van der Waals surface area contributed by atoms with E-state index < -0.39 is 0 Å². The van der Waals surface area contributed by atoms with Gasteiger partial charge in [0.25, 0.3) is 5.91 Å². The lowest BCUT2D eigenvalue weighted by molar-refractivity contribution is -0.118. The lowest BCUT2D eigenvalue weighted by atomic mass is 10.0. The quantitative estimate of drug-likeness (QED) is 0.489. The summed E-state index contributed by atoms with van der Waals surface area (Å²) in [5.74, 6) is 0.242. The molecule has 1 N–H and O–H groups in total. The minimum absolute atomic E-state index is 0.0487. The first-order valence-electron chi connectivity index (χ1n) is 10.5. The molecule has 0 heterocycles. The molecule has 3 rings (SSSR count). The van der Waals surface area contributed by atoms with Crippen molar-refractivity contribution in [3.63, 3.8) is 0 Å². The maximum absolute atomic E-state index is 12.4. The van der Waals surface area contributed by atoms with Gasteiger partial charge in [0.2, 0.25) is 0 Å². The number of hydrogen-bond acceptors (Lipinski definition) is 4. The van der Waals surface area contributed by atoms with E-state index >= 15 is 0 Å². The van der Waals surface area contributed by atoms with Crippen molar-refractivity contribution in [3.05, 3.63) is 90.0 Å². The molecule has 0 radical (unpaired) electrons.